The minimum absolute atomic E-state index is 0.0743. The van der Waals surface area contributed by atoms with Crippen LogP contribution in [-0.4, -0.2) is 15.9 Å². The highest BCUT2D eigenvalue weighted by molar-refractivity contribution is 5.79. The van der Waals surface area contributed by atoms with Crippen LogP contribution >= 0.6 is 0 Å². The Bertz CT molecular complexity index is 747. The molecule has 0 fully saturated rings. The van der Waals surface area contributed by atoms with Crippen molar-refractivity contribution >= 4 is 5.91 Å². The van der Waals surface area contributed by atoms with Crippen LogP contribution in [0.3, 0.4) is 0 Å². The lowest BCUT2D eigenvalue weighted by Crippen LogP contribution is -2.33. The third-order valence-corrected chi connectivity index (χ3v) is 3.27. The molecular formula is C15H17N3O3. The van der Waals surface area contributed by atoms with E-state index in [4.69, 9.17) is 0 Å². The van der Waals surface area contributed by atoms with Crippen LogP contribution < -0.4 is 16.6 Å². The molecule has 0 spiro atoms. The standard InChI is InChI=1S/C15H17N3O3/c1-9(11-6-4-3-5-7-11)16-13(19)8-12-10(2)17-15(21)18-14(12)20/h3-7,9H,8H2,1-2H3,(H,16,19)(H2,17,18,20,21)/t9-/m0/s1. The Kier molecular flexibility index (Phi) is 4.37. The average Bonchev–Trinajstić information content (AvgIpc) is 2.43. The molecule has 0 saturated heterocycles. The van der Waals surface area contributed by atoms with E-state index in [9.17, 15) is 14.4 Å². The number of aromatic nitrogens is 2. The van der Waals surface area contributed by atoms with E-state index in [2.05, 4.69) is 15.3 Å². The second-order valence-corrected chi connectivity index (χ2v) is 4.89. The van der Waals surface area contributed by atoms with Crippen molar-refractivity contribution in [2.75, 3.05) is 0 Å². The van der Waals surface area contributed by atoms with Crippen LogP contribution in [0.1, 0.15) is 29.8 Å². The van der Waals surface area contributed by atoms with Crippen molar-refractivity contribution in [2.24, 2.45) is 0 Å². The zero-order chi connectivity index (χ0) is 15.4. The Morgan fingerprint density at radius 1 is 1.19 bits per heavy atom. The third-order valence-electron chi connectivity index (χ3n) is 3.27. The predicted molar refractivity (Wildman–Crippen MR) is 79.1 cm³/mol. The number of hydrogen-bond donors (Lipinski definition) is 3. The first-order valence-electron chi connectivity index (χ1n) is 6.63. The molecule has 1 aromatic carbocycles. The highest BCUT2D eigenvalue weighted by Crippen LogP contribution is 2.11. The fourth-order valence-electron chi connectivity index (χ4n) is 2.12. The smallest absolute Gasteiger partial charge is 0.325 e. The zero-order valence-electron chi connectivity index (χ0n) is 11.9. The lowest BCUT2D eigenvalue weighted by Gasteiger charge is -2.14. The van der Waals surface area contributed by atoms with Gasteiger partial charge in [-0.05, 0) is 19.4 Å². The van der Waals surface area contributed by atoms with E-state index in [-0.39, 0.29) is 23.9 Å². The van der Waals surface area contributed by atoms with Crippen molar-refractivity contribution < 1.29 is 4.79 Å². The molecule has 1 heterocycles. The highest BCUT2D eigenvalue weighted by atomic mass is 16.2. The van der Waals surface area contributed by atoms with Crippen molar-refractivity contribution in [2.45, 2.75) is 26.3 Å². The minimum atomic E-state index is -0.570. The first kappa shape index (κ1) is 14.8. The number of aromatic amines is 2. The van der Waals surface area contributed by atoms with Crippen molar-refractivity contribution in [1.82, 2.24) is 15.3 Å². The molecule has 3 N–H and O–H groups in total. The molecule has 110 valence electrons. The fraction of sp³-hybridized carbons (Fsp3) is 0.267. The van der Waals surface area contributed by atoms with Gasteiger partial charge in [-0.3, -0.25) is 14.6 Å². The maximum Gasteiger partial charge on any atom is 0.325 e. The molecule has 1 atom stereocenters. The molecule has 0 aliphatic heterocycles. The molecule has 0 aliphatic rings. The van der Waals surface area contributed by atoms with Crippen LogP contribution in [0.2, 0.25) is 0 Å². The van der Waals surface area contributed by atoms with Crippen LogP contribution in [0.5, 0.6) is 0 Å². The summed E-state index contributed by atoms with van der Waals surface area (Å²) in [5, 5.41) is 2.83. The highest BCUT2D eigenvalue weighted by Gasteiger charge is 2.14. The molecule has 1 aromatic heterocycles. The number of carbonyl (C=O) groups is 1. The number of hydrogen-bond acceptors (Lipinski definition) is 3. The van der Waals surface area contributed by atoms with Crippen molar-refractivity contribution in [3.8, 4) is 0 Å². The van der Waals surface area contributed by atoms with E-state index in [0.29, 0.717) is 5.69 Å². The molecule has 6 nitrogen and oxygen atoms in total. The second-order valence-electron chi connectivity index (χ2n) is 4.89. The van der Waals surface area contributed by atoms with E-state index in [0.717, 1.165) is 5.56 Å². The summed E-state index contributed by atoms with van der Waals surface area (Å²) in [6.07, 6.45) is -0.0743. The summed E-state index contributed by atoms with van der Waals surface area (Å²) < 4.78 is 0. The molecule has 0 bridgehead atoms. The Morgan fingerprint density at radius 2 is 1.86 bits per heavy atom. The van der Waals surface area contributed by atoms with E-state index >= 15 is 0 Å². The molecule has 2 aromatic rings. The maximum atomic E-state index is 12.0. The van der Waals surface area contributed by atoms with Crippen LogP contribution in [0.15, 0.2) is 39.9 Å². The van der Waals surface area contributed by atoms with Crippen LogP contribution in [0.4, 0.5) is 0 Å². The molecule has 0 unspecified atom stereocenters. The topological polar surface area (TPSA) is 94.8 Å². The molecular weight excluding hydrogens is 270 g/mol. The van der Waals surface area contributed by atoms with E-state index < -0.39 is 11.2 Å². The lowest BCUT2D eigenvalue weighted by atomic mass is 10.1. The Morgan fingerprint density at radius 3 is 2.48 bits per heavy atom. The maximum absolute atomic E-state index is 12.0. The lowest BCUT2D eigenvalue weighted by molar-refractivity contribution is -0.121. The molecule has 0 aliphatic carbocycles. The fourth-order valence-corrected chi connectivity index (χ4v) is 2.12. The van der Waals surface area contributed by atoms with Gasteiger partial charge in [-0.2, -0.15) is 0 Å². The molecule has 0 radical (unpaired) electrons. The Balaban J connectivity index is 2.09. The number of aryl methyl sites for hydroxylation is 1. The average molecular weight is 287 g/mol. The summed E-state index contributed by atoms with van der Waals surface area (Å²) in [7, 11) is 0. The van der Waals surface area contributed by atoms with Crippen molar-refractivity contribution in [1.29, 1.82) is 0 Å². The first-order valence-corrected chi connectivity index (χ1v) is 6.63. The van der Waals surface area contributed by atoms with Gasteiger partial charge in [-0.1, -0.05) is 30.3 Å². The summed E-state index contributed by atoms with van der Waals surface area (Å²) in [6, 6.07) is 9.39. The normalized spacial score (nSPS) is 11.9. The van der Waals surface area contributed by atoms with Crippen LogP contribution in [0.25, 0.3) is 0 Å². The van der Waals surface area contributed by atoms with Gasteiger partial charge in [0.25, 0.3) is 5.56 Å². The van der Waals surface area contributed by atoms with Gasteiger partial charge in [0, 0.05) is 11.3 Å². The minimum Gasteiger partial charge on any atom is -0.349 e. The number of nitrogens with one attached hydrogen (secondary N) is 3. The Hall–Kier alpha value is -2.63. The summed E-state index contributed by atoms with van der Waals surface area (Å²) >= 11 is 0. The summed E-state index contributed by atoms with van der Waals surface area (Å²) in [6.45, 7) is 3.47. The first-order chi connectivity index (χ1) is 9.97. The van der Waals surface area contributed by atoms with Crippen molar-refractivity contribution in [3.63, 3.8) is 0 Å². The van der Waals surface area contributed by atoms with E-state index in [1.807, 2.05) is 37.3 Å². The number of rotatable bonds is 4. The Labute approximate surface area is 121 Å². The molecule has 0 saturated carbocycles. The third kappa shape index (κ3) is 3.68. The largest absolute Gasteiger partial charge is 0.349 e. The predicted octanol–water partition coefficient (Wildman–Crippen LogP) is 0.792. The summed E-state index contributed by atoms with van der Waals surface area (Å²) in [5.74, 6) is -0.271. The van der Waals surface area contributed by atoms with Gasteiger partial charge in [0.2, 0.25) is 5.91 Å². The van der Waals surface area contributed by atoms with Crippen LogP contribution in [0, 0.1) is 6.92 Å². The molecule has 6 heteroatoms. The van der Waals surface area contributed by atoms with Gasteiger partial charge in [0.05, 0.1) is 12.5 Å². The molecule has 21 heavy (non-hydrogen) atoms. The quantitative estimate of drug-likeness (QED) is 0.776. The van der Waals surface area contributed by atoms with Gasteiger partial charge in [0.1, 0.15) is 0 Å². The van der Waals surface area contributed by atoms with Crippen molar-refractivity contribution in [3.05, 3.63) is 68.0 Å². The molecule has 2 rings (SSSR count). The summed E-state index contributed by atoms with van der Waals surface area (Å²) in [5.41, 5.74) is 0.564. The monoisotopic (exact) mass is 287 g/mol. The van der Waals surface area contributed by atoms with E-state index in [1.54, 1.807) is 6.92 Å². The number of amides is 1. The van der Waals surface area contributed by atoms with Crippen LogP contribution in [-0.2, 0) is 11.2 Å². The van der Waals surface area contributed by atoms with Gasteiger partial charge in [-0.25, -0.2) is 4.79 Å². The molecule has 1 amide bonds. The SMILES string of the molecule is Cc1[nH]c(=O)[nH]c(=O)c1CC(=O)N[C@@H](C)c1ccccc1. The summed E-state index contributed by atoms with van der Waals surface area (Å²) in [4.78, 5) is 39.4. The number of H-pyrrole nitrogens is 2. The zero-order valence-corrected chi connectivity index (χ0v) is 11.9. The van der Waals surface area contributed by atoms with Gasteiger partial charge in [0.15, 0.2) is 0 Å². The van der Waals surface area contributed by atoms with Gasteiger partial charge in [-0.15, -0.1) is 0 Å². The van der Waals surface area contributed by atoms with E-state index in [1.165, 1.54) is 0 Å². The van der Waals surface area contributed by atoms with Gasteiger partial charge < -0.3 is 10.3 Å². The second kappa shape index (κ2) is 6.21. The number of carbonyl (C=O) groups excluding carboxylic acids is 1. The number of benzene rings is 1. The van der Waals surface area contributed by atoms with Gasteiger partial charge >= 0.3 is 5.69 Å².